The smallest absolute Gasteiger partial charge is 0.407 e. The van der Waals surface area contributed by atoms with Gasteiger partial charge < -0.3 is 19.9 Å². The number of nitrogens with zero attached hydrogens (tertiary/aromatic N) is 1. The van der Waals surface area contributed by atoms with Gasteiger partial charge in [-0.25, -0.2) is 4.79 Å². The second kappa shape index (κ2) is 6.51. The molecule has 2 amide bonds. The van der Waals surface area contributed by atoms with Crippen LogP contribution in [0.3, 0.4) is 0 Å². The first-order valence-electron chi connectivity index (χ1n) is 7.09. The van der Waals surface area contributed by atoms with Gasteiger partial charge in [0, 0.05) is 23.6 Å². The van der Waals surface area contributed by atoms with Crippen LogP contribution in [-0.2, 0) is 16.1 Å². The number of likely N-dealkylation sites (N-methyl/N-ethyl adjacent to an activating group) is 1. The van der Waals surface area contributed by atoms with E-state index >= 15 is 0 Å². The Balaban J connectivity index is 2.10. The summed E-state index contributed by atoms with van der Waals surface area (Å²) in [5.41, 5.74) is 3.17. The number of fused-ring (bicyclic) bond motifs is 1. The van der Waals surface area contributed by atoms with Crippen LogP contribution < -0.4 is 5.32 Å². The summed E-state index contributed by atoms with van der Waals surface area (Å²) in [6.45, 7) is 4.11. The molecule has 2 aromatic rings. The quantitative estimate of drug-likeness (QED) is 0.909. The molecule has 0 aliphatic rings. The highest BCUT2D eigenvalue weighted by molar-refractivity contribution is 5.86. The number of nitrogens with one attached hydrogen (secondary N) is 2. The summed E-state index contributed by atoms with van der Waals surface area (Å²) in [5, 5.41) is 3.63. The van der Waals surface area contributed by atoms with Crippen molar-refractivity contribution in [2.24, 2.45) is 0 Å². The van der Waals surface area contributed by atoms with Crippen LogP contribution in [-0.4, -0.2) is 42.1 Å². The van der Waals surface area contributed by atoms with Gasteiger partial charge in [-0.05, 0) is 25.5 Å². The van der Waals surface area contributed by atoms with Crippen molar-refractivity contribution in [1.82, 2.24) is 15.2 Å². The SMILES string of the molecule is COC(=O)N[C@H](C)C(=O)N(C)Cc1[nH]c2ccccc2c1C. The molecule has 1 atom stereocenters. The van der Waals surface area contributed by atoms with Crippen LogP contribution >= 0.6 is 0 Å². The van der Waals surface area contributed by atoms with E-state index in [-0.39, 0.29) is 5.91 Å². The Hall–Kier alpha value is -2.50. The predicted molar refractivity (Wildman–Crippen MR) is 84.5 cm³/mol. The lowest BCUT2D eigenvalue weighted by Crippen LogP contribution is -2.45. The number of aromatic amines is 1. The number of aromatic nitrogens is 1. The lowest BCUT2D eigenvalue weighted by atomic mass is 10.1. The number of benzene rings is 1. The number of ether oxygens (including phenoxy) is 1. The molecule has 0 aliphatic heterocycles. The van der Waals surface area contributed by atoms with E-state index in [9.17, 15) is 9.59 Å². The first-order valence-corrected chi connectivity index (χ1v) is 7.09. The highest BCUT2D eigenvalue weighted by Gasteiger charge is 2.21. The molecule has 1 aromatic carbocycles. The largest absolute Gasteiger partial charge is 0.453 e. The van der Waals surface area contributed by atoms with Crippen LogP contribution in [0.2, 0.25) is 0 Å². The van der Waals surface area contributed by atoms with Crippen LogP contribution in [0.1, 0.15) is 18.2 Å². The minimum absolute atomic E-state index is 0.177. The van der Waals surface area contributed by atoms with E-state index < -0.39 is 12.1 Å². The molecule has 0 bridgehead atoms. The van der Waals surface area contributed by atoms with E-state index in [0.29, 0.717) is 6.54 Å². The summed E-state index contributed by atoms with van der Waals surface area (Å²) in [7, 11) is 2.98. The normalized spacial score (nSPS) is 12.0. The number of H-pyrrole nitrogens is 1. The maximum Gasteiger partial charge on any atom is 0.407 e. The number of para-hydroxylation sites is 1. The molecule has 118 valence electrons. The molecule has 6 nitrogen and oxygen atoms in total. The van der Waals surface area contributed by atoms with Gasteiger partial charge in [0.05, 0.1) is 13.7 Å². The van der Waals surface area contributed by atoms with Gasteiger partial charge in [0.15, 0.2) is 0 Å². The zero-order valence-electron chi connectivity index (χ0n) is 13.3. The van der Waals surface area contributed by atoms with Crippen molar-refractivity contribution in [3.8, 4) is 0 Å². The Morgan fingerprint density at radius 2 is 2.05 bits per heavy atom. The lowest BCUT2D eigenvalue weighted by Gasteiger charge is -2.21. The van der Waals surface area contributed by atoms with E-state index in [0.717, 1.165) is 22.2 Å². The van der Waals surface area contributed by atoms with Gasteiger partial charge in [0.2, 0.25) is 5.91 Å². The number of hydrogen-bond acceptors (Lipinski definition) is 3. The number of carbonyl (C=O) groups excluding carboxylic acids is 2. The first-order chi connectivity index (χ1) is 10.4. The van der Waals surface area contributed by atoms with Gasteiger partial charge >= 0.3 is 6.09 Å². The number of methoxy groups -OCH3 is 1. The summed E-state index contributed by atoms with van der Waals surface area (Å²) in [6.07, 6.45) is -0.615. The fourth-order valence-electron chi connectivity index (χ4n) is 2.44. The fraction of sp³-hybridized carbons (Fsp3) is 0.375. The highest BCUT2D eigenvalue weighted by Crippen LogP contribution is 2.22. The summed E-state index contributed by atoms with van der Waals surface area (Å²) in [6, 6.07) is 7.38. The standard InChI is InChI=1S/C16H21N3O3/c1-10-12-7-5-6-8-13(12)18-14(10)9-19(3)15(20)11(2)17-16(21)22-4/h5-8,11,18H,9H2,1-4H3,(H,17,21)/t11-/m1/s1. The molecule has 0 fully saturated rings. The van der Waals surface area contributed by atoms with Crippen molar-refractivity contribution in [2.45, 2.75) is 26.4 Å². The molecule has 0 spiro atoms. The molecule has 2 N–H and O–H groups in total. The molecule has 22 heavy (non-hydrogen) atoms. The summed E-state index contributed by atoms with van der Waals surface area (Å²) in [5.74, 6) is -0.177. The van der Waals surface area contributed by atoms with Gasteiger partial charge in [0.25, 0.3) is 0 Å². The maximum absolute atomic E-state index is 12.3. The van der Waals surface area contributed by atoms with E-state index in [1.165, 1.54) is 7.11 Å². The zero-order valence-corrected chi connectivity index (χ0v) is 13.3. The number of aryl methyl sites for hydroxylation is 1. The third-order valence-electron chi connectivity index (χ3n) is 3.73. The van der Waals surface area contributed by atoms with Crippen molar-refractivity contribution in [3.63, 3.8) is 0 Å². The van der Waals surface area contributed by atoms with Crippen LogP contribution in [0.25, 0.3) is 10.9 Å². The molecule has 0 saturated heterocycles. The maximum atomic E-state index is 12.3. The van der Waals surface area contributed by atoms with Crippen molar-refractivity contribution in [1.29, 1.82) is 0 Å². The molecular weight excluding hydrogens is 282 g/mol. The number of amides is 2. The minimum atomic E-state index is -0.637. The molecule has 1 aromatic heterocycles. The van der Waals surface area contributed by atoms with Gasteiger partial charge in [0.1, 0.15) is 6.04 Å². The molecule has 1 heterocycles. The van der Waals surface area contributed by atoms with E-state index in [4.69, 9.17) is 0 Å². The van der Waals surface area contributed by atoms with Gasteiger partial charge in [-0.3, -0.25) is 4.79 Å². The topological polar surface area (TPSA) is 74.4 Å². The van der Waals surface area contributed by atoms with Gasteiger partial charge in [-0.1, -0.05) is 18.2 Å². The minimum Gasteiger partial charge on any atom is -0.453 e. The average Bonchev–Trinajstić information content (AvgIpc) is 2.82. The summed E-state index contributed by atoms with van der Waals surface area (Å²) < 4.78 is 4.50. The second-order valence-electron chi connectivity index (χ2n) is 5.33. The lowest BCUT2D eigenvalue weighted by molar-refractivity contribution is -0.132. The Morgan fingerprint density at radius 1 is 1.36 bits per heavy atom. The second-order valence-corrected chi connectivity index (χ2v) is 5.33. The molecular formula is C16H21N3O3. The summed E-state index contributed by atoms with van der Waals surface area (Å²) in [4.78, 5) is 28.4. The van der Waals surface area contributed by atoms with Crippen LogP contribution in [0.15, 0.2) is 24.3 Å². The number of carbonyl (C=O) groups is 2. The Labute approximate surface area is 129 Å². The van der Waals surface area contributed by atoms with Crippen molar-refractivity contribution in [3.05, 3.63) is 35.5 Å². The van der Waals surface area contributed by atoms with Crippen molar-refractivity contribution >= 4 is 22.9 Å². The van der Waals surface area contributed by atoms with Crippen LogP contribution in [0, 0.1) is 6.92 Å². The number of alkyl carbamates (subject to hydrolysis) is 1. The van der Waals surface area contributed by atoms with E-state index in [1.54, 1.807) is 18.9 Å². The van der Waals surface area contributed by atoms with Crippen molar-refractivity contribution in [2.75, 3.05) is 14.2 Å². The zero-order chi connectivity index (χ0) is 16.3. The molecule has 2 rings (SSSR count). The predicted octanol–water partition coefficient (Wildman–Crippen LogP) is 2.18. The molecule has 6 heteroatoms. The number of rotatable bonds is 4. The monoisotopic (exact) mass is 303 g/mol. The third-order valence-corrected chi connectivity index (χ3v) is 3.73. The van der Waals surface area contributed by atoms with E-state index in [2.05, 4.69) is 15.0 Å². The molecule has 0 saturated carbocycles. The fourth-order valence-corrected chi connectivity index (χ4v) is 2.44. The highest BCUT2D eigenvalue weighted by atomic mass is 16.5. The molecule has 0 unspecified atom stereocenters. The average molecular weight is 303 g/mol. The van der Waals surface area contributed by atoms with Crippen LogP contribution in [0.4, 0.5) is 4.79 Å². The first kappa shape index (κ1) is 15.9. The molecule has 0 radical (unpaired) electrons. The summed E-state index contributed by atoms with van der Waals surface area (Å²) >= 11 is 0. The van der Waals surface area contributed by atoms with Crippen LogP contribution in [0.5, 0.6) is 0 Å². The Morgan fingerprint density at radius 3 is 2.68 bits per heavy atom. The Bertz CT molecular complexity index is 693. The van der Waals surface area contributed by atoms with Gasteiger partial charge in [-0.15, -0.1) is 0 Å². The Kier molecular flexibility index (Phi) is 4.70. The van der Waals surface area contributed by atoms with E-state index in [1.807, 2.05) is 31.2 Å². The molecule has 0 aliphatic carbocycles. The third kappa shape index (κ3) is 3.21. The van der Waals surface area contributed by atoms with Gasteiger partial charge in [-0.2, -0.15) is 0 Å². The van der Waals surface area contributed by atoms with Crippen molar-refractivity contribution < 1.29 is 14.3 Å². The number of hydrogen-bond donors (Lipinski definition) is 2.